The van der Waals surface area contributed by atoms with E-state index in [1.807, 2.05) is 60.3 Å². The molecule has 1 amide bonds. The number of anilines is 1. The minimum Gasteiger partial charge on any atom is -0.302 e. The molecule has 0 radical (unpaired) electrons. The van der Waals surface area contributed by atoms with Gasteiger partial charge in [0.25, 0.3) is 15.9 Å². The van der Waals surface area contributed by atoms with Crippen molar-refractivity contribution in [2.24, 2.45) is 7.05 Å². The number of sulfonamides is 1. The van der Waals surface area contributed by atoms with Crippen molar-refractivity contribution in [1.29, 1.82) is 0 Å². The maximum Gasteiger partial charge on any atom is 0.258 e. The van der Waals surface area contributed by atoms with E-state index in [-0.39, 0.29) is 19.0 Å². The van der Waals surface area contributed by atoms with E-state index in [9.17, 15) is 13.2 Å². The lowest BCUT2D eigenvalue weighted by atomic mass is 10.1. The Hall–Kier alpha value is -3.27. The lowest BCUT2D eigenvalue weighted by Crippen LogP contribution is -2.36. The minimum absolute atomic E-state index is 0.134. The number of aromatic nitrogens is 2. The summed E-state index contributed by atoms with van der Waals surface area (Å²) in [5, 5.41) is 6.49. The van der Waals surface area contributed by atoms with E-state index in [1.165, 1.54) is 15.6 Å². The molecule has 4 aromatic rings. The monoisotopic (exact) mass is 492 g/mol. The highest BCUT2D eigenvalue weighted by Gasteiger charge is 2.33. The van der Waals surface area contributed by atoms with Crippen LogP contribution in [0.5, 0.6) is 0 Å². The third-order valence-electron chi connectivity index (χ3n) is 6.02. The van der Waals surface area contributed by atoms with Crippen LogP contribution < -0.4 is 4.90 Å². The first-order chi connectivity index (χ1) is 16.4. The quantitative estimate of drug-likeness (QED) is 0.407. The second-order valence-corrected chi connectivity index (χ2v) is 11.2. The molecule has 0 bridgehead atoms. The zero-order valence-corrected chi connectivity index (χ0v) is 20.3. The smallest absolute Gasteiger partial charge is 0.258 e. The fourth-order valence-electron chi connectivity index (χ4n) is 4.29. The van der Waals surface area contributed by atoms with Crippen LogP contribution in [-0.2, 0) is 36.6 Å². The van der Waals surface area contributed by atoms with Crippen LogP contribution in [0.3, 0.4) is 0 Å². The van der Waals surface area contributed by atoms with Crippen LogP contribution in [0.2, 0.25) is 0 Å². The first kappa shape index (κ1) is 22.5. The number of hydrogen-bond donors (Lipinski definition) is 0. The highest BCUT2D eigenvalue weighted by molar-refractivity contribution is 7.91. The van der Waals surface area contributed by atoms with E-state index in [1.54, 1.807) is 34.5 Å². The third kappa shape index (κ3) is 4.18. The molecule has 1 aliphatic rings. The summed E-state index contributed by atoms with van der Waals surface area (Å²) in [4.78, 5) is 15.2. The van der Waals surface area contributed by atoms with Gasteiger partial charge in [0.1, 0.15) is 4.21 Å². The Morgan fingerprint density at radius 2 is 1.74 bits per heavy atom. The Bertz CT molecular complexity index is 1400. The number of hydrogen-bond acceptors (Lipinski definition) is 5. The first-order valence-electron chi connectivity index (χ1n) is 10.9. The highest BCUT2D eigenvalue weighted by atomic mass is 32.2. The molecule has 0 unspecified atom stereocenters. The molecule has 0 aliphatic carbocycles. The second kappa shape index (κ2) is 9.17. The number of carbonyl (C=O) groups is 1. The molecular weight excluding hydrogens is 468 g/mol. The van der Waals surface area contributed by atoms with Crippen LogP contribution >= 0.6 is 11.3 Å². The van der Waals surface area contributed by atoms with Gasteiger partial charge >= 0.3 is 0 Å². The van der Waals surface area contributed by atoms with Crippen LogP contribution in [-0.4, -0.2) is 35.0 Å². The maximum atomic E-state index is 13.5. The third-order valence-corrected chi connectivity index (χ3v) is 9.24. The van der Waals surface area contributed by atoms with Crippen molar-refractivity contribution in [3.8, 4) is 0 Å². The summed E-state index contributed by atoms with van der Waals surface area (Å²) in [6, 6.07) is 22.0. The number of thiophene rings is 1. The molecule has 0 fully saturated rings. The number of aryl methyl sites for hydroxylation is 1. The number of para-hydroxylation sites is 1. The van der Waals surface area contributed by atoms with Crippen molar-refractivity contribution in [3.05, 3.63) is 101 Å². The molecule has 2 aromatic heterocycles. The van der Waals surface area contributed by atoms with Gasteiger partial charge in [0.05, 0.1) is 12.2 Å². The number of carbonyl (C=O) groups excluding carboxylic acids is 1. The Morgan fingerprint density at radius 3 is 2.41 bits per heavy atom. The van der Waals surface area contributed by atoms with E-state index >= 15 is 0 Å². The number of amides is 1. The van der Waals surface area contributed by atoms with Crippen molar-refractivity contribution in [2.75, 3.05) is 11.4 Å². The van der Waals surface area contributed by atoms with Crippen LogP contribution in [0, 0.1) is 0 Å². The second-order valence-electron chi connectivity index (χ2n) is 8.11. The van der Waals surface area contributed by atoms with Gasteiger partial charge in [0.2, 0.25) is 0 Å². The van der Waals surface area contributed by atoms with Crippen LogP contribution in [0.4, 0.5) is 5.69 Å². The average Bonchev–Trinajstić information content (AvgIpc) is 3.52. The van der Waals surface area contributed by atoms with Gasteiger partial charge in [-0.1, -0.05) is 42.5 Å². The zero-order chi connectivity index (χ0) is 23.7. The largest absolute Gasteiger partial charge is 0.302 e. The molecule has 34 heavy (non-hydrogen) atoms. The standard InChI is InChI=1S/C25H24N4O3S2/c1-27-23-14-15-28(34(31,32)24-13-8-16-33-24)17-21(23)22(26-27)18-29(20-11-6-3-7-12-20)25(30)19-9-4-2-5-10-19/h2-13,16H,14-15,17-18H2,1H3. The Morgan fingerprint density at radius 1 is 1.03 bits per heavy atom. The van der Waals surface area contributed by atoms with Gasteiger partial charge in [-0.05, 0) is 35.7 Å². The van der Waals surface area contributed by atoms with E-state index < -0.39 is 10.0 Å². The summed E-state index contributed by atoms with van der Waals surface area (Å²) in [7, 11) is -1.70. The summed E-state index contributed by atoms with van der Waals surface area (Å²) in [6.45, 7) is 0.881. The summed E-state index contributed by atoms with van der Waals surface area (Å²) >= 11 is 1.22. The van der Waals surface area contributed by atoms with Crippen LogP contribution in [0.15, 0.2) is 82.4 Å². The molecule has 0 spiro atoms. The van der Waals surface area contributed by atoms with Gasteiger partial charge in [0.15, 0.2) is 0 Å². The lowest BCUT2D eigenvalue weighted by Gasteiger charge is -2.27. The fourth-order valence-corrected chi connectivity index (χ4v) is 6.84. The topological polar surface area (TPSA) is 75.5 Å². The minimum atomic E-state index is -3.57. The Kier molecular flexibility index (Phi) is 6.07. The van der Waals surface area contributed by atoms with Crippen molar-refractivity contribution < 1.29 is 13.2 Å². The van der Waals surface area contributed by atoms with Crippen LogP contribution in [0.25, 0.3) is 0 Å². The van der Waals surface area contributed by atoms with Crippen molar-refractivity contribution in [3.63, 3.8) is 0 Å². The molecule has 0 atom stereocenters. The molecule has 2 aromatic carbocycles. The fraction of sp³-hybridized carbons (Fsp3) is 0.200. The molecular formula is C25H24N4O3S2. The molecule has 7 nitrogen and oxygen atoms in total. The van der Waals surface area contributed by atoms with Gasteiger partial charge in [-0.25, -0.2) is 8.42 Å². The molecule has 0 saturated carbocycles. The predicted molar refractivity (Wildman–Crippen MR) is 132 cm³/mol. The summed E-state index contributed by atoms with van der Waals surface area (Å²) in [6.07, 6.45) is 0.571. The van der Waals surface area contributed by atoms with Gasteiger partial charge in [0, 0.05) is 49.1 Å². The lowest BCUT2D eigenvalue weighted by molar-refractivity contribution is 0.0984. The van der Waals surface area contributed by atoms with Crippen LogP contribution in [0.1, 0.15) is 27.3 Å². The Balaban J connectivity index is 1.50. The maximum absolute atomic E-state index is 13.5. The van der Waals surface area contributed by atoms with E-state index in [0.29, 0.717) is 28.4 Å². The number of benzene rings is 2. The summed E-state index contributed by atoms with van der Waals surface area (Å²) in [5.41, 5.74) is 3.92. The number of rotatable bonds is 6. The predicted octanol–water partition coefficient (Wildman–Crippen LogP) is 4.08. The number of fused-ring (bicyclic) bond motifs is 1. The molecule has 0 N–H and O–H groups in total. The molecule has 3 heterocycles. The molecule has 1 aliphatic heterocycles. The number of nitrogens with zero attached hydrogens (tertiary/aromatic N) is 4. The molecule has 174 valence electrons. The molecule has 0 saturated heterocycles. The van der Waals surface area contributed by atoms with Crippen molar-refractivity contribution in [1.82, 2.24) is 14.1 Å². The van der Waals surface area contributed by atoms with E-state index in [2.05, 4.69) is 0 Å². The van der Waals surface area contributed by atoms with Gasteiger partial charge in [-0.3, -0.25) is 9.48 Å². The first-order valence-corrected chi connectivity index (χ1v) is 13.3. The van der Waals surface area contributed by atoms with E-state index in [4.69, 9.17) is 5.10 Å². The van der Waals surface area contributed by atoms with Gasteiger partial charge in [-0.15, -0.1) is 11.3 Å². The van der Waals surface area contributed by atoms with Gasteiger partial charge < -0.3 is 4.90 Å². The normalized spacial score (nSPS) is 14.0. The average molecular weight is 493 g/mol. The Labute approximate surface area is 202 Å². The van der Waals surface area contributed by atoms with Crippen molar-refractivity contribution >= 4 is 33.0 Å². The van der Waals surface area contributed by atoms with Gasteiger partial charge in [-0.2, -0.15) is 9.40 Å². The molecule has 9 heteroatoms. The summed E-state index contributed by atoms with van der Waals surface area (Å²) < 4.78 is 30.0. The van der Waals surface area contributed by atoms with E-state index in [0.717, 1.165) is 16.9 Å². The van der Waals surface area contributed by atoms with Crippen molar-refractivity contribution in [2.45, 2.75) is 23.7 Å². The summed E-state index contributed by atoms with van der Waals surface area (Å²) in [5.74, 6) is -0.134. The molecule has 5 rings (SSSR count). The highest BCUT2D eigenvalue weighted by Crippen LogP contribution is 2.30. The SMILES string of the molecule is Cn1nc(CN(C(=O)c2ccccc2)c2ccccc2)c2c1CCN(S(=O)(=O)c1cccs1)C2. The zero-order valence-electron chi connectivity index (χ0n) is 18.7.